The summed E-state index contributed by atoms with van der Waals surface area (Å²) < 4.78 is 0. The third-order valence-electron chi connectivity index (χ3n) is 0.206. The van der Waals surface area contributed by atoms with Crippen LogP contribution in [0, 0.1) is 0 Å². The zero-order valence-corrected chi connectivity index (χ0v) is 5.42. The molecule has 0 aliphatic heterocycles. The quantitative estimate of drug-likeness (QED) is 0.495. The van der Waals surface area contributed by atoms with Gasteiger partial charge in [-0.1, -0.05) is 0 Å². The van der Waals surface area contributed by atoms with Crippen LogP contribution in [0.4, 0.5) is 9.59 Å². The van der Waals surface area contributed by atoms with Crippen molar-refractivity contribution >= 4 is 32.1 Å². The fraction of sp³-hybridized carbons (Fsp3) is 0. The summed E-state index contributed by atoms with van der Waals surface area (Å²) in [5, 5.41) is -1.23. The van der Waals surface area contributed by atoms with E-state index in [1.165, 1.54) is 0 Å². The Morgan fingerprint density at radius 1 is 1.00 bits per heavy atom. The highest BCUT2D eigenvalue weighted by Gasteiger charge is 1.98. The molecule has 0 saturated heterocycles. The minimum absolute atomic E-state index is 0.617. The maximum Gasteiger partial charge on any atom is 0.287 e. The van der Waals surface area contributed by atoms with Crippen LogP contribution in [0.2, 0.25) is 0 Å². The Morgan fingerprint density at radius 2 is 1.25 bits per heavy atom. The highest BCUT2D eigenvalue weighted by atomic mass is 33.1. The molecule has 0 rings (SSSR count). The van der Waals surface area contributed by atoms with Crippen LogP contribution in [-0.2, 0) is 0 Å². The standard InChI is InChI=1S/C2H4N2O2S2/c3-1(5)7-8-2(4)6/h(H2,3,5)(H2,4,6). The van der Waals surface area contributed by atoms with E-state index in [-0.39, 0.29) is 0 Å². The Balaban J connectivity index is 3.18. The third-order valence-corrected chi connectivity index (χ3v) is 1.85. The van der Waals surface area contributed by atoms with Gasteiger partial charge >= 0.3 is 0 Å². The molecule has 0 heterocycles. The molecule has 0 bridgehead atoms. The molecule has 0 aromatic carbocycles. The predicted octanol–water partition coefficient (Wildman–Crippen LogP) is 0.525. The monoisotopic (exact) mass is 152 g/mol. The molecule has 4 N–H and O–H groups in total. The second-order valence-electron chi connectivity index (χ2n) is 0.805. The van der Waals surface area contributed by atoms with Gasteiger partial charge in [-0.05, 0) is 0 Å². The molecular weight excluding hydrogens is 148 g/mol. The maximum atomic E-state index is 9.86. The fourth-order valence-electron chi connectivity index (χ4n) is 0.0821. The average Bonchev–Trinajstić information content (AvgIpc) is 1.61. The van der Waals surface area contributed by atoms with E-state index in [4.69, 9.17) is 0 Å². The molecule has 2 amide bonds. The first-order valence-corrected chi connectivity index (χ1v) is 3.71. The molecule has 0 aromatic rings. The van der Waals surface area contributed by atoms with Gasteiger partial charge in [-0.3, -0.25) is 9.59 Å². The van der Waals surface area contributed by atoms with Gasteiger partial charge in [-0.15, -0.1) is 0 Å². The normalized spacial score (nSPS) is 8.50. The molecule has 0 saturated carbocycles. The highest BCUT2D eigenvalue weighted by Crippen LogP contribution is 2.19. The van der Waals surface area contributed by atoms with Gasteiger partial charge in [0.15, 0.2) is 0 Å². The van der Waals surface area contributed by atoms with E-state index in [9.17, 15) is 9.59 Å². The molecule has 0 fully saturated rings. The van der Waals surface area contributed by atoms with Gasteiger partial charge in [-0.2, -0.15) is 0 Å². The predicted molar refractivity (Wildman–Crippen MR) is 34.3 cm³/mol. The molecule has 0 atom stereocenters. The Hall–Kier alpha value is -0.360. The van der Waals surface area contributed by atoms with Crippen molar-refractivity contribution < 1.29 is 9.59 Å². The summed E-state index contributed by atoms with van der Waals surface area (Å²) in [7, 11) is 1.24. The van der Waals surface area contributed by atoms with Gasteiger partial charge in [0, 0.05) is 21.6 Å². The van der Waals surface area contributed by atoms with E-state index in [1.54, 1.807) is 0 Å². The van der Waals surface area contributed by atoms with Crippen molar-refractivity contribution in [3.63, 3.8) is 0 Å². The van der Waals surface area contributed by atoms with Crippen molar-refractivity contribution in [2.24, 2.45) is 11.5 Å². The lowest BCUT2D eigenvalue weighted by molar-refractivity contribution is 0.266. The van der Waals surface area contributed by atoms with E-state index in [0.29, 0.717) is 21.6 Å². The Bertz CT molecular complexity index is 101. The molecule has 0 radical (unpaired) electrons. The molecule has 0 spiro atoms. The molecular formula is C2H4N2O2S2. The number of carbonyl (C=O) groups is 2. The topological polar surface area (TPSA) is 86.2 Å². The lowest BCUT2D eigenvalue weighted by Gasteiger charge is -1.85. The summed E-state index contributed by atoms with van der Waals surface area (Å²) in [6, 6.07) is 0. The number of hydrogen-bond acceptors (Lipinski definition) is 4. The minimum Gasteiger partial charge on any atom is -0.360 e. The van der Waals surface area contributed by atoms with Crippen LogP contribution in [0.3, 0.4) is 0 Å². The van der Waals surface area contributed by atoms with Crippen molar-refractivity contribution in [1.29, 1.82) is 0 Å². The van der Waals surface area contributed by atoms with E-state index < -0.39 is 10.5 Å². The van der Waals surface area contributed by atoms with Crippen LogP contribution in [0.1, 0.15) is 0 Å². The number of hydrogen-bond donors (Lipinski definition) is 2. The van der Waals surface area contributed by atoms with E-state index >= 15 is 0 Å². The van der Waals surface area contributed by atoms with Crippen molar-refractivity contribution in [3.05, 3.63) is 0 Å². The van der Waals surface area contributed by atoms with Crippen molar-refractivity contribution in [1.82, 2.24) is 0 Å². The van der Waals surface area contributed by atoms with Crippen LogP contribution in [0.25, 0.3) is 0 Å². The van der Waals surface area contributed by atoms with Gasteiger partial charge in [0.1, 0.15) is 0 Å². The number of rotatable bonds is 0. The van der Waals surface area contributed by atoms with Crippen LogP contribution in [0.5, 0.6) is 0 Å². The van der Waals surface area contributed by atoms with Crippen LogP contribution in [-0.4, -0.2) is 10.5 Å². The van der Waals surface area contributed by atoms with E-state index in [1.807, 2.05) is 0 Å². The molecule has 0 aromatic heterocycles. The molecule has 0 unspecified atom stereocenters. The summed E-state index contributed by atoms with van der Waals surface area (Å²) in [5.41, 5.74) is 9.27. The maximum absolute atomic E-state index is 9.86. The molecule has 8 heavy (non-hydrogen) atoms. The first kappa shape index (κ1) is 7.64. The summed E-state index contributed by atoms with van der Waals surface area (Å²) in [6.07, 6.45) is 0. The smallest absolute Gasteiger partial charge is 0.287 e. The lowest BCUT2D eigenvalue weighted by Crippen LogP contribution is -2.04. The van der Waals surface area contributed by atoms with Gasteiger partial charge in [0.05, 0.1) is 0 Å². The Kier molecular flexibility index (Phi) is 3.46. The van der Waals surface area contributed by atoms with E-state index in [2.05, 4.69) is 11.5 Å². The summed E-state index contributed by atoms with van der Waals surface area (Å²) >= 11 is 0. The average molecular weight is 152 g/mol. The number of amides is 2. The van der Waals surface area contributed by atoms with Gasteiger partial charge < -0.3 is 11.5 Å². The third kappa shape index (κ3) is 5.64. The molecule has 6 heteroatoms. The second kappa shape index (κ2) is 3.62. The van der Waals surface area contributed by atoms with Gasteiger partial charge in [0.2, 0.25) is 0 Å². The second-order valence-corrected chi connectivity index (χ2v) is 2.94. The number of carbonyl (C=O) groups excluding carboxylic acids is 2. The first-order valence-electron chi connectivity index (χ1n) is 1.56. The zero-order chi connectivity index (χ0) is 6.57. The van der Waals surface area contributed by atoms with Crippen LogP contribution in [0.15, 0.2) is 0 Å². The molecule has 0 aliphatic rings. The SMILES string of the molecule is NC(=O)SSC(N)=O. The van der Waals surface area contributed by atoms with Crippen molar-refractivity contribution in [2.75, 3.05) is 0 Å². The van der Waals surface area contributed by atoms with Crippen LogP contribution >= 0.6 is 21.6 Å². The first-order chi connectivity index (χ1) is 3.63. The lowest BCUT2D eigenvalue weighted by atomic mass is 11.5. The minimum atomic E-state index is -0.617. The van der Waals surface area contributed by atoms with E-state index in [0.717, 1.165) is 0 Å². The highest BCUT2D eigenvalue weighted by molar-refractivity contribution is 8.87. The van der Waals surface area contributed by atoms with Crippen molar-refractivity contribution in [3.8, 4) is 0 Å². The largest absolute Gasteiger partial charge is 0.360 e. The van der Waals surface area contributed by atoms with Gasteiger partial charge in [-0.25, -0.2) is 0 Å². The number of nitrogens with two attached hydrogens (primary N) is 2. The fourth-order valence-corrected chi connectivity index (χ4v) is 0.739. The number of primary amides is 2. The molecule has 0 aliphatic carbocycles. The van der Waals surface area contributed by atoms with Crippen LogP contribution < -0.4 is 11.5 Å². The van der Waals surface area contributed by atoms with Crippen molar-refractivity contribution in [2.45, 2.75) is 0 Å². The summed E-state index contributed by atoms with van der Waals surface area (Å²) in [5.74, 6) is 0. The summed E-state index contributed by atoms with van der Waals surface area (Å²) in [4.78, 5) is 19.7. The Labute approximate surface area is 53.8 Å². The zero-order valence-electron chi connectivity index (χ0n) is 3.79. The Morgan fingerprint density at radius 3 is 1.38 bits per heavy atom. The molecule has 4 nitrogen and oxygen atoms in total. The van der Waals surface area contributed by atoms with Gasteiger partial charge in [0.25, 0.3) is 10.5 Å². The molecule has 46 valence electrons. The summed E-state index contributed by atoms with van der Waals surface area (Å²) in [6.45, 7) is 0.